The largest absolute Gasteiger partial charge is 0.497 e. The number of anilines is 1. The van der Waals surface area contributed by atoms with Gasteiger partial charge < -0.3 is 4.74 Å². The van der Waals surface area contributed by atoms with E-state index in [-0.39, 0.29) is 0 Å². The van der Waals surface area contributed by atoms with Gasteiger partial charge in [0.2, 0.25) is 5.13 Å². The van der Waals surface area contributed by atoms with Crippen LogP contribution in [0.3, 0.4) is 0 Å². The van der Waals surface area contributed by atoms with Gasteiger partial charge in [-0.2, -0.15) is 5.10 Å². The van der Waals surface area contributed by atoms with Crippen molar-refractivity contribution in [2.24, 2.45) is 5.10 Å². The summed E-state index contributed by atoms with van der Waals surface area (Å²) in [6.45, 7) is 0. The van der Waals surface area contributed by atoms with E-state index in [1.807, 2.05) is 29.6 Å². The summed E-state index contributed by atoms with van der Waals surface area (Å²) in [4.78, 5) is 4.50. The third-order valence-corrected chi connectivity index (χ3v) is 4.63. The Hall–Kier alpha value is -2.08. The highest BCUT2D eigenvalue weighted by Crippen LogP contribution is 2.27. The van der Waals surface area contributed by atoms with Crippen LogP contribution in [0.2, 0.25) is 10.0 Å². The van der Waals surface area contributed by atoms with Crippen molar-refractivity contribution < 1.29 is 4.74 Å². The van der Waals surface area contributed by atoms with Crippen LogP contribution in [0.4, 0.5) is 5.13 Å². The van der Waals surface area contributed by atoms with Crippen molar-refractivity contribution in [1.82, 2.24) is 4.98 Å². The number of aromatic nitrogens is 1. The van der Waals surface area contributed by atoms with Crippen molar-refractivity contribution in [1.29, 1.82) is 0 Å². The number of rotatable bonds is 5. The summed E-state index contributed by atoms with van der Waals surface area (Å²) >= 11 is 13.6. The molecule has 0 aliphatic rings. The van der Waals surface area contributed by atoms with Crippen LogP contribution in [0.1, 0.15) is 5.56 Å². The molecule has 0 bridgehead atoms. The number of hydrazone groups is 1. The number of thiazole rings is 1. The number of hydrogen-bond acceptors (Lipinski definition) is 5. The van der Waals surface area contributed by atoms with Gasteiger partial charge in [0.25, 0.3) is 0 Å². The number of ether oxygens (including phenoxy) is 1. The van der Waals surface area contributed by atoms with Crippen molar-refractivity contribution in [2.75, 3.05) is 12.5 Å². The van der Waals surface area contributed by atoms with Crippen LogP contribution in [0.25, 0.3) is 11.3 Å². The van der Waals surface area contributed by atoms with Gasteiger partial charge in [0.1, 0.15) is 5.75 Å². The summed E-state index contributed by atoms with van der Waals surface area (Å²) in [7, 11) is 1.64. The van der Waals surface area contributed by atoms with E-state index in [0.29, 0.717) is 20.7 Å². The standard InChI is InChI=1S/C17H13Cl2N3OS/c1-23-12-5-2-4-11(8-12)16-10-24-17(21-16)22-20-9-13-14(18)6-3-7-15(13)19/h2-10H,1H3,(H,21,22)/b20-9-. The van der Waals surface area contributed by atoms with E-state index >= 15 is 0 Å². The highest BCUT2D eigenvalue weighted by Gasteiger charge is 2.06. The average Bonchev–Trinajstić information content (AvgIpc) is 3.06. The maximum absolute atomic E-state index is 6.10. The van der Waals surface area contributed by atoms with Crippen LogP contribution < -0.4 is 10.2 Å². The summed E-state index contributed by atoms with van der Waals surface area (Å²) in [5.74, 6) is 0.793. The summed E-state index contributed by atoms with van der Waals surface area (Å²) < 4.78 is 5.23. The third kappa shape index (κ3) is 3.87. The monoisotopic (exact) mass is 377 g/mol. The fraction of sp³-hybridized carbons (Fsp3) is 0.0588. The summed E-state index contributed by atoms with van der Waals surface area (Å²) in [5.41, 5.74) is 5.40. The van der Waals surface area contributed by atoms with Gasteiger partial charge in [0.15, 0.2) is 0 Å². The summed E-state index contributed by atoms with van der Waals surface area (Å²) in [6, 6.07) is 13.1. The molecule has 122 valence electrons. The van der Waals surface area contributed by atoms with Gasteiger partial charge in [-0.05, 0) is 24.3 Å². The molecule has 7 heteroatoms. The molecule has 1 aromatic heterocycles. The van der Waals surface area contributed by atoms with Gasteiger partial charge in [-0.25, -0.2) is 4.98 Å². The second-order valence-electron chi connectivity index (χ2n) is 4.78. The SMILES string of the molecule is COc1cccc(-c2csc(N/N=C\c3c(Cl)cccc3Cl)n2)c1. The molecule has 3 aromatic rings. The maximum atomic E-state index is 6.10. The predicted octanol–water partition coefficient (Wildman–Crippen LogP) is 5.57. The van der Waals surface area contributed by atoms with Crippen molar-refractivity contribution in [3.63, 3.8) is 0 Å². The van der Waals surface area contributed by atoms with Crippen molar-refractivity contribution >= 4 is 45.9 Å². The molecular formula is C17H13Cl2N3OS. The Kier molecular flexibility index (Phi) is 5.35. The number of nitrogens with one attached hydrogen (secondary N) is 1. The molecule has 2 aromatic carbocycles. The quantitative estimate of drug-likeness (QED) is 0.466. The lowest BCUT2D eigenvalue weighted by atomic mass is 10.2. The third-order valence-electron chi connectivity index (χ3n) is 3.22. The molecule has 0 aliphatic carbocycles. The molecule has 3 rings (SSSR count). The molecule has 0 saturated heterocycles. The van der Waals surface area contributed by atoms with E-state index in [0.717, 1.165) is 17.0 Å². The van der Waals surface area contributed by atoms with Crippen molar-refractivity contribution in [2.45, 2.75) is 0 Å². The molecule has 0 amide bonds. The maximum Gasteiger partial charge on any atom is 0.203 e. The first-order chi connectivity index (χ1) is 11.7. The number of nitrogens with zero attached hydrogens (tertiary/aromatic N) is 2. The molecule has 0 saturated carbocycles. The van der Waals surface area contributed by atoms with E-state index in [4.69, 9.17) is 27.9 Å². The molecular weight excluding hydrogens is 365 g/mol. The van der Waals surface area contributed by atoms with E-state index in [9.17, 15) is 0 Å². The lowest BCUT2D eigenvalue weighted by Gasteiger charge is -2.01. The Morgan fingerprint density at radius 1 is 1.17 bits per heavy atom. The normalized spacial score (nSPS) is 11.0. The van der Waals surface area contributed by atoms with Gasteiger partial charge in [-0.3, -0.25) is 5.43 Å². The first-order valence-electron chi connectivity index (χ1n) is 7.00. The van der Waals surface area contributed by atoms with E-state index < -0.39 is 0 Å². The Morgan fingerprint density at radius 2 is 1.92 bits per heavy atom. The molecule has 0 atom stereocenters. The minimum Gasteiger partial charge on any atom is -0.497 e. The fourth-order valence-corrected chi connectivity index (χ4v) is 3.19. The van der Waals surface area contributed by atoms with Crippen LogP contribution in [0.15, 0.2) is 52.9 Å². The van der Waals surface area contributed by atoms with Crippen LogP contribution in [0.5, 0.6) is 5.75 Å². The highest BCUT2D eigenvalue weighted by atomic mass is 35.5. The van der Waals surface area contributed by atoms with Crippen LogP contribution in [0, 0.1) is 0 Å². The molecule has 1 heterocycles. The second kappa shape index (κ2) is 7.66. The average molecular weight is 378 g/mol. The molecule has 0 unspecified atom stereocenters. The molecule has 0 spiro atoms. The molecule has 1 N–H and O–H groups in total. The predicted molar refractivity (Wildman–Crippen MR) is 102 cm³/mol. The van der Waals surface area contributed by atoms with Gasteiger partial charge in [0.05, 0.1) is 29.1 Å². The molecule has 4 nitrogen and oxygen atoms in total. The lowest BCUT2D eigenvalue weighted by molar-refractivity contribution is 0.415. The fourth-order valence-electron chi connectivity index (χ4n) is 2.03. The van der Waals surface area contributed by atoms with E-state index in [2.05, 4.69) is 15.5 Å². The summed E-state index contributed by atoms with van der Waals surface area (Å²) in [6.07, 6.45) is 1.58. The molecule has 0 aliphatic heterocycles. The van der Waals surface area contributed by atoms with Gasteiger partial charge in [-0.1, -0.05) is 41.4 Å². The lowest BCUT2D eigenvalue weighted by Crippen LogP contribution is -1.92. The highest BCUT2D eigenvalue weighted by molar-refractivity contribution is 7.14. The van der Waals surface area contributed by atoms with Gasteiger partial charge >= 0.3 is 0 Å². The second-order valence-corrected chi connectivity index (χ2v) is 6.45. The number of methoxy groups -OCH3 is 1. The van der Waals surface area contributed by atoms with Crippen LogP contribution in [-0.4, -0.2) is 18.3 Å². The van der Waals surface area contributed by atoms with Crippen molar-refractivity contribution in [3.05, 3.63) is 63.5 Å². The summed E-state index contributed by atoms with van der Waals surface area (Å²) in [5, 5.41) is 7.87. The Balaban J connectivity index is 1.73. The Labute approximate surface area is 153 Å². The minimum atomic E-state index is 0.546. The zero-order valence-electron chi connectivity index (χ0n) is 12.7. The topological polar surface area (TPSA) is 46.5 Å². The first kappa shape index (κ1) is 16.8. The zero-order chi connectivity index (χ0) is 16.9. The minimum absolute atomic E-state index is 0.546. The number of halogens is 2. The zero-order valence-corrected chi connectivity index (χ0v) is 15.0. The van der Waals surface area contributed by atoms with Crippen LogP contribution >= 0.6 is 34.5 Å². The molecule has 0 fully saturated rings. The molecule has 24 heavy (non-hydrogen) atoms. The smallest absolute Gasteiger partial charge is 0.203 e. The number of benzene rings is 2. The van der Waals surface area contributed by atoms with E-state index in [1.165, 1.54) is 11.3 Å². The Morgan fingerprint density at radius 3 is 2.67 bits per heavy atom. The number of hydrogen-bond donors (Lipinski definition) is 1. The first-order valence-corrected chi connectivity index (χ1v) is 8.64. The Bertz CT molecular complexity index is 860. The van der Waals surface area contributed by atoms with Crippen molar-refractivity contribution in [3.8, 4) is 17.0 Å². The van der Waals surface area contributed by atoms with Gasteiger partial charge in [-0.15, -0.1) is 11.3 Å². The van der Waals surface area contributed by atoms with E-state index in [1.54, 1.807) is 31.5 Å². The van der Waals surface area contributed by atoms with Gasteiger partial charge in [0, 0.05) is 16.5 Å². The molecule has 0 radical (unpaired) electrons. The van der Waals surface area contributed by atoms with Crippen LogP contribution in [-0.2, 0) is 0 Å².